The van der Waals surface area contributed by atoms with Crippen molar-refractivity contribution in [3.05, 3.63) is 34.9 Å². The number of aromatic nitrogens is 2. The lowest BCUT2D eigenvalue weighted by atomic mass is 9.91. The van der Waals surface area contributed by atoms with E-state index in [1.165, 1.54) is 0 Å². The number of nitrogens with two attached hydrogens (primary N) is 1. The second-order valence-corrected chi connectivity index (χ2v) is 5.05. The topological polar surface area (TPSA) is 61.0 Å². The Labute approximate surface area is 111 Å². The van der Waals surface area contributed by atoms with Crippen molar-refractivity contribution in [2.75, 3.05) is 13.7 Å². The minimum Gasteiger partial charge on any atom is -0.382 e. The molecule has 2 heterocycles. The van der Waals surface area contributed by atoms with Crippen LogP contribution in [0.2, 0.25) is 5.15 Å². The quantitative estimate of drug-likeness (QED) is 0.866. The Kier molecular flexibility index (Phi) is 3.52. The molecule has 18 heavy (non-hydrogen) atoms. The molecule has 2 aromatic heterocycles. The summed E-state index contributed by atoms with van der Waals surface area (Å²) in [7, 11) is 1.63. The van der Waals surface area contributed by atoms with Gasteiger partial charge in [-0.25, -0.2) is 4.98 Å². The largest absolute Gasteiger partial charge is 0.382 e. The number of hydrogen-bond donors (Lipinski definition) is 1. The molecular weight excluding hydrogens is 250 g/mol. The van der Waals surface area contributed by atoms with Crippen LogP contribution in [0.1, 0.15) is 18.2 Å². The number of hydrogen-bond acceptors (Lipinski definition) is 4. The third-order valence-electron chi connectivity index (χ3n) is 3.00. The van der Waals surface area contributed by atoms with Gasteiger partial charge in [-0.05, 0) is 25.3 Å². The van der Waals surface area contributed by atoms with Gasteiger partial charge in [0.1, 0.15) is 5.15 Å². The monoisotopic (exact) mass is 265 g/mol. The third kappa shape index (κ3) is 2.32. The average molecular weight is 266 g/mol. The third-order valence-corrected chi connectivity index (χ3v) is 3.20. The van der Waals surface area contributed by atoms with E-state index < -0.39 is 5.54 Å². The highest BCUT2D eigenvalue weighted by Crippen LogP contribution is 2.29. The highest BCUT2D eigenvalue weighted by atomic mass is 35.5. The summed E-state index contributed by atoms with van der Waals surface area (Å²) in [5, 5.41) is 2.39. The molecule has 0 saturated heterocycles. The first-order valence-electron chi connectivity index (χ1n) is 5.65. The summed E-state index contributed by atoms with van der Waals surface area (Å²) in [6, 6.07) is 1.82. The molecule has 0 bridgehead atoms. The number of rotatable bonds is 3. The van der Waals surface area contributed by atoms with E-state index in [2.05, 4.69) is 9.97 Å². The molecule has 0 aliphatic rings. The van der Waals surface area contributed by atoms with Crippen molar-refractivity contribution in [3.8, 4) is 0 Å². The molecule has 2 rings (SSSR count). The fraction of sp³-hybridized carbons (Fsp3) is 0.385. The molecule has 0 spiro atoms. The molecule has 0 aromatic carbocycles. The molecule has 0 aliphatic heterocycles. The van der Waals surface area contributed by atoms with E-state index >= 15 is 0 Å². The molecule has 96 valence electrons. The molecule has 2 N–H and O–H groups in total. The molecule has 1 atom stereocenters. The van der Waals surface area contributed by atoms with Gasteiger partial charge in [0.15, 0.2) is 0 Å². The Hall–Kier alpha value is -1.23. The van der Waals surface area contributed by atoms with E-state index in [0.717, 1.165) is 22.0 Å². The van der Waals surface area contributed by atoms with Gasteiger partial charge >= 0.3 is 0 Å². The van der Waals surface area contributed by atoms with Crippen molar-refractivity contribution in [1.82, 2.24) is 9.97 Å². The Morgan fingerprint density at radius 2 is 2.06 bits per heavy atom. The van der Waals surface area contributed by atoms with Gasteiger partial charge in [-0.1, -0.05) is 11.6 Å². The molecule has 4 nitrogen and oxygen atoms in total. The Morgan fingerprint density at radius 1 is 1.33 bits per heavy atom. The molecule has 0 saturated carbocycles. The first-order valence-corrected chi connectivity index (χ1v) is 6.02. The summed E-state index contributed by atoms with van der Waals surface area (Å²) in [6.07, 6.45) is 3.51. The second kappa shape index (κ2) is 4.80. The smallest absolute Gasteiger partial charge is 0.129 e. The van der Waals surface area contributed by atoms with E-state index in [-0.39, 0.29) is 0 Å². The molecule has 2 aromatic rings. The fourth-order valence-electron chi connectivity index (χ4n) is 2.07. The summed E-state index contributed by atoms with van der Waals surface area (Å²) in [5.74, 6) is 0. The Balaban J connectivity index is 2.72. The van der Waals surface area contributed by atoms with E-state index in [1.807, 2.05) is 19.9 Å². The van der Waals surface area contributed by atoms with Crippen molar-refractivity contribution in [1.29, 1.82) is 0 Å². The summed E-state index contributed by atoms with van der Waals surface area (Å²) < 4.78 is 5.17. The van der Waals surface area contributed by atoms with E-state index in [0.29, 0.717) is 11.8 Å². The molecule has 0 fully saturated rings. The van der Waals surface area contributed by atoms with Crippen LogP contribution in [0.4, 0.5) is 0 Å². The van der Waals surface area contributed by atoms with Gasteiger partial charge in [-0.3, -0.25) is 4.98 Å². The first kappa shape index (κ1) is 13.2. The van der Waals surface area contributed by atoms with Crippen LogP contribution in [0, 0.1) is 6.92 Å². The zero-order valence-electron chi connectivity index (χ0n) is 10.7. The van der Waals surface area contributed by atoms with E-state index in [4.69, 9.17) is 22.1 Å². The average Bonchev–Trinajstić information content (AvgIpc) is 2.28. The number of ether oxygens (including phenoxy) is 1. The molecule has 0 aliphatic carbocycles. The number of methoxy groups -OCH3 is 1. The standard InChI is InChI=1S/C13H16ClN3O/c1-8-10-5-17-12(14)4-9(10)11(6-16-8)13(2,15)7-18-3/h4-6H,7,15H2,1-3H3/t13-/m1/s1. The predicted molar refractivity (Wildman–Crippen MR) is 72.7 cm³/mol. The number of nitrogens with zero attached hydrogens (tertiary/aromatic N) is 2. The maximum atomic E-state index is 6.29. The highest BCUT2D eigenvalue weighted by molar-refractivity contribution is 6.30. The number of aryl methyl sites for hydroxylation is 1. The first-order chi connectivity index (χ1) is 8.45. The van der Waals surface area contributed by atoms with Gasteiger partial charge in [-0.15, -0.1) is 0 Å². The summed E-state index contributed by atoms with van der Waals surface area (Å²) in [5.41, 5.74) is 7.49. The molecular formula is C13H16ClN3O. The number of halogens is 1. The van der Waals surface area contributed by atoms with Crippen LogP contribution < -0.4 is 5.73 Å². The zero-order chi connectivity index (χ0) is 13.3. The van der Waals surface area contributed by atoms with Crippen molar-refractivity contribution >= 4 is 22.4 Å². The zero-order valence-corrected chi connectivity index (χ0v) is 11.5. The normalized spacial score (nSPS) is 14.7. The molecule has 0 unspecified atom stereocenters. The minimum atomic E-state index is -0.613. The van der Waals surface area contributed by atoms with Crippen LogP contribution in [0.15, 0.2) is 18.5 Å². The SMILES string of the molecule is COC[C@@](C)(N)c1cnc(C)c2cnc(Cl)cc12. The Morgan fingerprint density at radius 3 is 2.72 bits per heavy atom. The van der Waals surface area contributed by atoms with Gasteiger partial charge in [0.05, 0.1) is 12.1 Å². The number of fused-ring (bicyclic) bond motifs is 1. The van der Waals surface area contributed by atoms with Gasteiger partial charge in [0, 0.05) is 36.1 Å². The van der Waals surface area contributed by atoms with Crippen LogP contribution in [0.25, 0.3) is 10.8 Å². The Bertz CT molecular complexity index is 584. The van der Waals surface area contributed by atoms with E-state index in [9.17, 15) is 0 Å². The van der Waals surface area contributed by atoms with Crippen molar-refractivity contribution in [2.24, 2.45) is 5.73 Å². The molecule has 0 amide bonds. The van der Waals surface area contributed by atoms with Crippen LogP contribution in [-0.4, -0.2) is 23.7 Å². The van der Waals surface area contributed by atoms with Crippen molar-refractivity contribution in [3.63, 3.8) is 0 Å². The van der Waals surface area contributed by atoms with Gasteiger partial charge in [0.2, 0.25) is 0 Å². The van der Waals surface area contributed by atoms with Crippen LogP contribution >= 0.6 is 11.6 Å². The van der Waals surface area contributed by atoms with Crippen molar-refractivity contribution in [2.45, 2.75) is 19.4 Å². The van der Waals surface area contributed by atoms with E-state index in [1.54, 1.807) is 19.5 Å². The second-order valence-electron chi connectivity index (χ2n) is 4.66. The van der Waals surface area contributed by atoms with Gasteiger partial charge < -0.3 is 10.5 Å². The van der Waals surface area contributed by atoms with Crippen LogP contribution in [0.5, 0.6) is 0 Å². The van der Waals surface area contributed by atoms with Gasteiger partial charge in [-0.2, -0.15) is 0 Å². The summed E-state index contributed by atoms with van der Waals surface area (Å²) >= 11 is 5.97. The molecule has 0 radical (unpaired) electrons. The van der Waals surface area contributed by atoms with Crippen LogP contribution in [0.3, 0.4) is 0 Å². The maximum absolute atomic E-state index is 6.29. The predicted octanol–water partition coefficient (Wildman–Crippen LogP) is 2.41. The molecule has 5 heteroatoms. The van der Waals surface area contributed by atoms with Gasteiger partial charge in [0.25, 0.3) is 0 Å². The lowest BCUT2D eigenvalue weighted by Crippen LogP contribution is -2.38. The van der Waals surface area contributed by atoms with Crippen LogP contribution in [-0.2, 0) is 10.3 Å². The van der Waals surface area contributed by atoms with Crippen molar-refractivity contribution < 1.29 is 4.74 Å². The summed E-state index contributed by atoms with van der Waals surface area (Å²) in [4.78, 5) is 8.46. The lowest BCUT2D eigenvalue weighted by Gasteiger charge is -2.25. The number of pyridine rings is 2. The minimum absolute atomic E-state index is 0.410. The summed E-state index contributed by atoms with van der Waals surface area (Å²) in [6.45, 7) is 4.26. The highest BCUT2D eigenvalue weighted by Gasteiger charge is 2.24. The lowest BCUT2D eigenvalue weighted by molar-refractivity contribution is 0.141. The maximum Gasteiger partial charge on any atom is 0.129 e. The fourth-order valence-corrected chi connectivity index (χ4v) is 2.23.